The van der Waals surface area contributed by atoms with Crippen LogP contribution in [-0.4, -0.2) is 42.0 Å². The van der Waals surface area contributed by atoms with Crippen molar-refractivity contribution in [2.75, 3.05) is 26.1 Å². The molecule has 0 radical (unpaired) electrons. The number of amidine groups is 1. The second kappa shape index (κ2) is 9.89. The van der Waals surface area contributed by atoms with Crippen LogP contribution >= 0.6 is 11.8 Å². The summed E-state index contributed by atoms with van der Waals surface area (Å²) in [6, 6.07) is 11.5. The second-order valence-electron chi connectivity index (χ2n) is 7.20. The zero-order chi connectivity index (χ0) is 20.7. The molecule has 0 amide bonds. The van der Waals surface area contributed by atoms with Crippen LogP contribution in [0.4, 0.5) is 0 Å². The molecule has 29 heavy (non-hydrogen) atoms. The maximum atomic E-state index is 12.7. The fraction of sp³-hybridized carbons (Fsp3) is 0.409. The fourth-order valence-electron chi connectivity index (χ4n) is 3.21. The summed E-state index contributed by atoms with van der Waals surface area (Å²) in [5.41, 5.74) is 8.06. The first-order valence-electron chi connectivity index (χ1n) is 9.69. The summed E-state index contributed by atoms with van der Waals surface area (Å²) >= 11 is 1.58. The molecule has 0 saturated carbocycles. The number of nitrogens with zero attached hydrogens (tertiary/aromatic N) is 2. The zero-order valence-corrected chi connectivity index (χ0v) is 17.7. The van der Waals surface area contributed by atoms with Gasteiger partial charge in [0.1, 0.15) is 11.4 Å². The second-order valence-corrected chi connectivity index (χ2v) is 8.31. The molecule has 0 aliphatic carbocycles. The van der Waals surface area contributed by atoms with Crippen LogP contribution in [0.5, 0.6) is 5.75 Å². The van der Waals surface area contributed by atoms with Gasteiger partial charge >= 0.3 is 0 Å². The topological polar surface area (TPSA) is 86.8 Å². The van der Waals surface area contributed by atoms with E-state index in [0.717, 1.165) is 29.7 Å². The van der Waals surface area contributed by atoms with Crippen molar-refractivity contribution < 1.29 is 14.3 Å². The van der Waals surface area contributed by atoms with Gasteiger partial charge in [-0.05, 0) is 36.6 Å². The van der Waals surface area contributed by atoms with Crippen molar-refractivity contribution in [3.05, 3.63) is 59.4 Å². The van der Waals surface area contributed by atoms with Crippen molar-refractivity contribution in [1.82, 2.24) is 4.98 Å². The third-order valence-electron chi connectivity index (χ3n) is 4.89. The first-order valence-corrected chi connectivity index (χ1v) is 10.7. The molecule has 2 N–H and O–H groups in total. The average molecular weight is 414 g/mol. The Morgan fingerprint density at radius 1 is 1.28 bits per heavy atom. The van der Waals surface area contributed by atoms with Crippen molar-refractivity contribution in [3.8, 4) is 5.75 Å². The number of rotatable bonds is 9. The highest BCUT2D eigenvalue weighted by atomic mass is 32.2. The Bertz CT molecular complexity index is 870. The number of carbonyl (C=O) groups excluding carboxylic acids is 1. The molecule has 0 spiro atoms. The van der Waals surface area contributed by atoms with Gasteiger partial charge in [-0.2, -0.15) is 0 Å². The van der Waals surface area contributed by atoms with Gasteiger partial charge in [0.15, 0.2) is 11.0 Å². The van der Waals surface area contributed by atoms with Crippen LogP contribution in [0.2, 0.25) is 0 Å². The van der Waals surface area contributed by atoms with Gasteiger partial charge in [-0.1, -0.05) is 36.0 Å². The number of aliphatic imine (C=N–C) groups is 1. The summed E-state index contributed by atoms with van der Waals surface area (Å²) in [5, 5.41) is 0.619. The molecule has 6 nitrogen and oxygen atoms in total. The maximum absolute atomic E-state index is 12.7. The molecule has 1 aromatic heterocycles. The van der Waals surface area contributed by atoms with Crippen LogP contribution in [0, 0.1) is 0 Å². The third-order valence-corrected chi connectivity index (χ3v) is 5.69. The molecule has 154 valence electrons. The first-order chi connectivity index (χ1) is 14.0. The first kappa shape index (κ1) is 21.3. The van der Waals surface area contributed by atoms with Crippen molar-refractivity contribution in [1.29, 1.82) is 0 Å². The van der Waals surface area contributed by atoms with Crippen LogP contribution in [-0.2, 0) is 16.7 Å². The number of thioether (sulfide) groups is 1. The molecule has 1 atom stereocenters. The smallest absolute Gasteiger partial charge is 0.185 e. The maximum Gasteiger partial charge on any atom is 0.185 e. The number of aromatic nitrogens is 1. The number of ketones is 1. The van der Waals surface area contributed by atoms with E-state index in [1.54, 1.807) is 37.2 Å². The van der Waals surface area contributed by atoms with Gasteiger partial charge in [0.2, 0.25) is 0 Å². The minimum absolute atomic E-state index is 0.0274. The Labute approximate surface area is 175 Å². The van der Waals surface area contributed by atoms with Crippen molar-refractivity contribution in [2.24, 2.45) is 10.7 Å². The molecule has 3 rings (SSSR count). The lowest BCUT2D eigenvalue weighted by Crippen LogP contribution is -2.28. The lowest BCUT2D eigenvalue weighted by Gasteiger charge is -2.30. The highest BCUT2D eigenvalue weighted by Gasteiger charge is 2.29. The predicted octanol–water partition coefficient (Wildman–Crippen LogP) is 3.59. The summed E-state index contributed by atoms with van der Waals surface area (Å²) in [4.78, 5) is 21.6. The number of methoxy groups -OCH3 is 1. The number of benzene rings is 1. The number of ether oxygens (including phenoxy) is 2. The Balaban J connectivity index is 1.64. The van der Waals surface area contributed by atoms with E-state index >= 15 is 0 Å². The lowest BCUT2D eigenvalue weighted by atomic mass is 9.88. The van der Waals surface area contributed by atoms with E-state index in [9.17, 15) is 4.79 Å². The monoisotopic (exact) mass is 413 g/mol. The molecule has 0 saturated heterocycles. The molecule has 1 aliphatic heterocycles. The van der Waals surface area contributed by atoms with Crippen LogP contribution < -0.4 is 10.5 Å². The SMILES string of the molecule is COCCCOc1ccc(C(=O)Cc2cccc([C@]3(C)CCSC(N)=N3)c2)nc1. The highest BCUT2D eigenvalue weighted by Crippen LogP contribution is 2.35. The summed E-state index contributed by atoms with van der Waals surface area (Å²) in [5.74, 6) is 1.57. The predicted molar refractivity (Wildman–Crippen MR) is 117 cm³/mol. The van der Waals surface area contributed by atoms with E-state index in [1.165, 1.54) is 0 Å². The van der Waals surface area contributed by atoms with Crippen LogP contribution in [0.25, 0.3) is 0 Å². The zero-order valence-electron chi connectivity index (χ0n) is 16.9. The van der Waals surface area contributed by atoms with Gasteiger partial charge in [0.25, 0.3) is 0 Å². The van der Waals surface area contributed by atoms with Gasteiger partial charge in [-0.3, -0.25) is 9.79 Å². The molecule has 2 heterocycles. The molecule has 0 unspecified atom stereocenters. The fourth-order valence-corrected chi connectivity index (χ4v) is 4.19. The molecule has 0 bridgehead atoms. The Morgan fingerprint density at radius 2 is 2.14 bits per heavy atom. The molecule has 1 aromatic carbocycles. The van der Waals surface area contributed by atoms with E-state index in [4.69, 9.17) is 15.2 Å². The Kier molecular flexibility index (Phi) is 7.28. The molecule has 2 aromatic rings. The van der Waals surface area contributed by atoms with Gasteiger partial charge < -0.3 is 15.2 Å². The largest absolute Gasteiger partial charge is 0.492 e. The van der Waals surface area contributed by atoms with Gasteiger partial charge in [-0.15, -0.1) is 0 Å². The highest BCUT2D eigenvalue weighted by molar-refractivity contribution is 8.13. The molecule has 0 fully saturated rings. The lowest BCUT2D eigenvalue weighted by molar-refractivity contribution is 0.0988. The summed E-state index contributed by atoms with van der Waals surface area (Å²) < 4.78 is 10.6. The van der Waals surface area contributed by atoms with Crippen LogP contribution in [0.1, 0.15) is 41.4 Å². The van der Waals surface area contributed by atoms with Crippen LogP contribution in [0.3, 0.4) is 0 Å². The number of Topliss-reactive ketones (excluding diaryl/α,β-unsaturated/α-hetero) is 1. The molecule has 1 aliphatic rings. The van der Waals surface area contributed by atoms with Gasteiger partial charge in [0.05, 0.1) is 18.3 Å². The average Bonchev–Trinajstić information content (AvgIpc) is 2.72. The minimum atomic E-state index is -0.339. The summed E-state index contributed by atoms with van der Waals surface area (Å²) in [6.07, 6.45) is 3.61. The van der Waals surface area contributed by atoms with E-state index in [-0.39, 0.29) is 11.3 Å². The quantitative estimate of drug-likeness (QED) is 0.499. The summed E-state index contributed by atoms with van der Waals surface area (Å²) in [6.45, 7) is 3.30. The normalized spacial score (nSPS) is 18.9. The van der Waals surface area contributed by atoms with Crippen molar-refractivity contribution >= 4 is 22.7 Å². The molecule has 7 heteroatoms. The van der Waals surface area contributed by atoms with Crippen molar-refractivity contribution in [3.63, 3.8) is 0 Å². The molecular formula is C22H27N3O3S. The van der Waals surface area contributed by atoms with E-state index in [1.807, 2.05) is 12.1 Å². The minimum Gasteiger partial charge on any atom is -0.492 e. The standard InChI is InChI=1S/C22H27N3O3S/c1-22(9-12-29-21(23)25-22)17-6-3-5-16(13-17)14-20(26)19-8-7-18(15-24-19)28-11-4-10-27-2/h3,5-8,13,15H,4,9-12,14H2,1-2H3,(H2,23,25)/t22-/m0/s1. The third kappa shape index (κ3) is 5.81. The number of hydrogen-bond acceptors (Lipinski definition) is 7. The van der Waals surface area contributed by atoms with Crippen LogP contribution in [0.15, 0.2) is 47.6 Å². The summed E-state index contributed by atoms with van der Waals surface area (Å²) in [7, 11) is 1.66. The number of hydrogen-bond donors (Lipinski definition) is 1. The van der Waals surface area contributed by atoms with E-state index in [2.05, 4.69) is 29.0 Å². The van der Waals surface area contributed by atoms with Gasteiger partial charge in [-0.25, -0.2) is 4.98 Å². The number of pyridine rings is 1. The Morgan fingerprint density at radius 3 is 2.86 bits per heavy atom. The van der Waals surface area contributed by atoms with E-state index in [0.29, 0.717) is 36.2 Å². The molecular weight excluding hydrogens is 386 g/mol. The van der Waals surface area contributed by atoms with Gasteiger partial charge in [0, 0.05) is 32.3 Å². The van der Waals surface area contributed by atoms with E-state index < -0.39 is 0 Å². The van der Waals surface area contributed by atoms with Crippen molar-refractivity contribution in [2.45, 2.75) is 31.7 Å². The number of nitrogens with two attached hydrogens (primary N) is 1. The Hall–Kier alpha value is -2.38. The number of carbonyl (C=O) groups is 1.